The molecule has 0 unspecified atom stereocenters. The van der Waals surface area contributed by atoms with E-state index in [2.05, 4.69) is 18.8 Å². The van der Waals surface area contributed by atoms with Crippen molar-refractivity contribution in [3.05, 3.63) is 35.6 Å². The fourth-order valence-electron chi connectivity index (χ4n) is 2.08. The minimum absolute atomic E-state index is 0.209. The number of hydrogen-bond donors (Lipinski definition) is 0. The maximum absolute atomic E-state index is 12.9. The van der Waals surface area contributed by atoms with Crippen molar-refractivity contribution in [3.8, 4) is 11.8 Å². The second-order valence-electron chi connectivity index (χ2n) is 5.04. The first kappa shape index (κ1) is 15.8. The lowest BCUT2D eigenvalue weighted by molar-refractivity contribution is 0.579. The summed E-state index contributed by atoms with van der Waals surface area (Å²) in [6, 6.07) is 6.49. The molecule has 0 fully saturated rings. The molecule has 1 rings (SSSR count). The van der Waals surface area contributed by atoms with Crippen molar-refractivity contribution in [2.75, 3.05) is 0 Å². The van der Waals surface area contributed by atoms with E-state index in [1.54, 1.807) is 6.07 Å². The molecule has 0 aliphatic rings. The third-order valence-corrected chi connectivity index (χ3v) is 3.21. The Bertz CT molecular complexity index is 398. The van der Waals surface area contributed by atoms with Crippen LogP contribution >= 0.6 is 0 Å². The van der Waals surface area contributed by atoms with Gasteiger partial charge in [-0.3, -0.25) is 0 Å². The van der Waals surface area contributed by atoms with Crippen LogP contribution < -0.4 is 0 Å². The molecular formula is C18H25F. The van der Waals surface area contributed by atoms with Gasteiger partial charge in [0.2, 0.25) is 0 Å². The van der Waals surface area contributed by atoms with Gasteiger partial charge in [0, 0.05) is 12.0 Å². The van der Waals surface area contributed by atoms with E-state index in [0.29, 0.717) is 0 Å². The molecule has 0 aliphatic heterocycles. The number of halogens is 1. The Kier molecular flexibility index (Phi) is 8.81. The van der Waals surface area contributed by atoms with Gasteiger partial charge in [0.15, 0.2) is 0 Å². The van der Waals surface area contributed by atoms with E-state index in [-0.39, 0.29) is 5.82 Å². The van der Waals surface area contributed by atoms with E-state index >= 15 is 0 Å². The standard InChI is InChI=1S/C18H25F/c1-2-3-4-5-6-7-8-9-10-11-13-17-14-12-15-18(19)16-17/h12,14-16H,2-10H2,1H3. The zero-order valence-corrected chi connectivity index (χ0v) is 12.1. The Morgan fingerprint density at radius 3 is 2.32 bits per heavy atom. The fourth-order valence-corrected chi connectivity index (χ4v) is 2.08. The molecule has 1 heteroatoms. The van der Waals surface area contributed by atoms with Gasteiger partial charge in [-0.25, -0.2) is 4.39 Å². The SMILES string of the molecule is CCCCCCCCCCC#Cc1cccc(F)c1. The van der Waals surface area contributed by atoms with E-state index in [4.69, 9.17) is 0 Å². The topological polar surface area (TPSA) is 0 Å². The zero-order valence-electron chi connectivity index (χ0n) is 12.1. The van der Waals surface area contributed by atoms with E-state index in [9.17, 15) is 4.39 Å². The maximum Gasteiger partial charge on any atom is 0.124 e. The van der Waals surface area contributed by atoms with Crippen molar-refractivity contribution >= 4 is 0 Å². The summed E-state index contributed by atoms with van der Waals surface area (Å²) < 4.78 is 12.9. The van der Waals surface area contributed by atoms with E-state index in [1.165, 1.54) is 57.1 Å². The van der Waals surface area contributed by atoms with Gasteiger partial charge >= 0.3 is 0 Å². The molecule has 1 aromatic rings. The molecule has 104 valence electrons. The number of benzene rings is 1. The Labute approximate surface area is 117 Å². The van der Waals surface area contributed by atoms with Crippen LogP contribution in [0.3, 0.4) is 0 Å². The highest BCUT2D eigenvalue weighted by atomic mass is 19.1. The summed E-state index contributed by atoms with van der Waals surface area (Å²) >= 11 is 0. The lowest BCUT2D eigenvalue weighted by Gasteiger charge is -1.99. The molecule has 0 saturated carbocycles. The lowest BCUT2D eigenvalue weighted by Crippen LogP contribution is -1.80. The summed E-state index contributed by atoms with van der Waals surface area (Å²) in [6.07, 6.45) is 11.5. The minimum atomic E-state index is -0.209. The van der Waals surface area contributed by atoms with Crippen LogP contribution in [0.15, 0.2) is 24.3 Å². The molecule has 0 saturated heterocycles. The third-order valence-electron chi connectivity index (χ3n) is 3.21. The summed E-state index contributed by atoms with van der Waals surface area (Å²) in [5, 5.41) is 0. The molecule has 0 radical (unpaired) electrons. The number of unbranched alkanes of at least 4 members (excludes halogenated alkanes) is 8. The van der Waals surface area contributed by atoms with Crippen LogP contribution in [-0.2, 0) is 0 Å². The minimum Gasteiger partial charge on any atom is -0.207 e. The summed E-state index contributed by atoms with van der Waals surface area (Å²) in [5.41, 5.74) is 0.777. The molecule has 0 bridgehead atoms. The first-order valence-corrected chi connectivity index (χ1v) is 7.57. The zero-order chi connectivity index (χ0) is 13.8. The quantitative estimate of drug-likeness (QED) is 0.415. The predicted octanol–water partition coefficient (Wildman–Crippen LogP) is 5.71. The van der Waals surface area contributed by atoms with Crippen molar-refractivity contribution in [2.45, 2.75) is 64.7 Å². The summed E-state index contributed by atoms with van der Waals surface area (Å²) in [7, 11) is 0. The Hall–Kier alpha value is -1.29. The van der Waals surface area contributed by atoms with Gasteiger partial charge in [-0.1, -0.05) is 69.8 Å². The molecule has 0 nitrogen and oxygen atoms in total. The number of rotatable bonds is 8. The van der Waals surface area contributed by atoms with Crippen LogP contribution in [0.2, 0.25) is 0 Å². The fraction of sp³-hybridized carbons (Fsp3) is 0.556. The van der Waals surface area contributed by atoms with Gasteiger partial charge in [0.25, 0.3) is 0 Å². The first-order chi connectivity index (χ1) is 9.33. The van der Waals surface area contributed by atoms with Crippen LogP contribution in [0.1, 0.15) is 70.3 Å². The average molecular weight is 260 g/mol. The molecule has 0 atom stereocenters. The largest absolute Gasteiger partial charge is 0.207 e. The summed E-state index contributed by atoms with van der Waals surface area (Å²) in [5.74, 6) is 5.93. The summed E-state index contributed by atoms with van der Waals surface area (Å²) in [6.45, 7) is 2.25. The second kappa shape index (κ2) is 10.6. The monoisotopic (exact) mass is 260 g/mol. The molecule has 0 aromatic heterocycles. The third kappa shape index (κ3) is 8.43. The highest BCUT2D eigenvalue weighted by Crippen LogP contribution is 2.09. The molecule has 0 N–H and O–H groups in total. The Morgan fingerprint density at radius 1 is 0.947 bits per heavy atom. The van der Waals surface area contributed by atoms with Gasteiger partial charge in [-0.15, -0.1) is 0 Å². The van der Waals surface area contributed by atoms with E-state index in [1.807, 2.05) is 6.07 Å². The van der Waals surface area contributed by atoms with E-state index in [0.717, 1.165) is 18.4 Å². The van der Waals surface area contributed by atoms with Crippen LogP contribution in [0.4, 0.5) is 4.39 Å². The number of hydrogen-bond acceptors (Lipinski definition) is 0. The van der Waals surface area contributed by atoms with Crippen LogP contribution in [-0.4, -0.2) is 0 Å². The molecular weight excluding hydrogens is 235 g/mol. The molecule has 19 heavy (non-hydrogen) atoms. The second-order valence-corrected chi connectivity index (χ2v) is 5.04. The lowest BCUT2D eigenvalue weighted by atomic mass is 10.1. The molecule has 0 heterocycles. The predicted molar refractivity (Wildman–Crippen MR) is 80.5 cm³/mol. The van der Waals surface area contributed by atoms with Crippen molar-refractivity contribution in [1.29, 1.82) is 0 Å². The van der Waals surface area contributed by atoms with Crippen LogP contribution in [0.25, 0.3) is 0 Å². The van der Waals surface area contributed by atoms with Gasteiger partial charge in [0.1, 0.15) is 5.82 Å². The maximum atomic E-state index is 12.9. The van der Waals surface area contributed by atoms with Crippen molar-refractivity contribution < 1.29 is 4.39 Å². The first-order valence-electron chi connectivity index (χ1n) is 7.57. The highest BCUT2D eigenvalue weighted by Gasteiger charge is 1.91. The van der Waals surface area contributed by atoms with Gasteiger partial charge in [-0.2, -0.15) is 0 Å². The van der Waals surface area contributed by atoms with Crippen molar-refractivity contribution in [1.82, 2.24) is 0 Å². The molecule has 0 spiro atoms. The molecule has 0 amide bonds. The highest BCUT2D eigenvalue weighted by molar-refractivity contribution is 5.34. The molecule has 1 aromatic carbocycles. The van der Waals surface area contributed by atoms with Crippen molar-refractivity contribution in [2.24, 2.45) is 0 Å². The Morgan fingerprint density at radius 2 is 1.63 bits per heavy atom. The van der Waals surface area contributed by atoms with Crippen LogP contribution in [0, 0.1) is 17.7 Å². The van der Waals surface area contributed by atoms with E-state index < -0.39 is 0 Å². The Balaban J connectivity index is 2.02. The smallest absolute Gasteiger partial charge is 0.124 e. The van der Waals surface area contributed by atoms with Gasteiger partial charge in [-0.05, 0) is 24.6 Å². The van der Waals surface area contributed by atoms with Crippen LogP contribution in [0.5, 0.6) is 0 Å². The van der Waals surface area contributed by atoms with Crippen molar-refractivity contribution in [3.63, 3.8) is 0 Å². The molecule has 0 aliphatic carbocycles. The summed E-state index contributed by atoms with van der Waals surface area (Å²) in [4.78, 5) is 0. The van der Waals surface area contributed by atoms with Gasteiger partial charge < -0.3 is 0 Å². The normalized spacial score (nSPS) is 10.0. The average Bonchev–Trinajstić information content (AvgIpc) is 2.41. The van der Waals surface area contributed by atoms with Gasteiger partial charge in [0.05, 0.1) is 0 Å².